The molecule has 0 spiro atoms. The zero-order chi connectivity index (χ0) is 15.4. The number of likely N-dealkylation sites (tertiary alicyclic amines) is 1. The van der Waals surface area contributed by atoms with Gasteiger partial charge in [0.15, 0.2) is 0 Å². The van der Waals surface area contributed by atoms with Crippen molar-refractivity contribution in [3.8, 4) is 0 Å². The van der Waals surface area contributed by atoms with E-state index in [2.05, 4.69) is 0 Å². The van der Waals surface area contributed by atoms with Crippen LogP contribution in [0.2, 0.25) is 0 Å². The van der Waals surface area contributed by atoms with Gasteiger partial charge in [-0.15, -0.1) is 0 Å². The Bertz CT molecular complexity index is 583. The molecular formula is C16H18FNO3. The maximum atomic E-state index is 13.2. The van der Waals surface area contributed by atoms with E-state index in [9.17, 15) is 14.0 Å². The van der Waals surface area contributed by atoms with Gasteiger partial charge in [-0.2, -0.15) is 0 Å². The lowest BCUT2D eigenvalue weighted by molar-refractivity contribution is -0.144. The number of nitrogens with zero attached hydrogens (tertiary/aromatic N) is 1. The largest absolute Gasteiger partial charge is 0.481 e. The van der Waals surface area contributed by atoms with Gasteiger partial charge in [0.2, 0.25) is 5.91 Å². The molecule has 0 radical (unpaired) electrons. The fraction of sp³-hybridized carbons (Fsp3) is 0.375. The van der Waals surface area contributed by atoms with Crippen LogP contribution in [0.25, 0.3) is 5.57 Å². The molecule has 4 nitrogen and oxygen atoms in total. The fourth-order valence-corrected chi connectivity index (χ4v) is 2.47. The second-order valence-corrected chi connectivity index (χ2v) is 5.30. The minimum atomic E-state index is -0.863. The summed E-state index contributed by atoms with van der Waals surface area (Å²) in [6.07, 6.45) is 2.74. The third kappa shape index (κ3) is 3.90. The van der Waals surface area contributed by atoms with Gasteiger partial charge in [0.05, 0.1) is 5.92 Å². The highest BCUT2D eigenvalue weighted by atomic mass is 19.1. The van der Waals surface area contributed by atoms with Crippen LogP contribution in [0.1, 0.15) is 25.3 Å². The van der Waals surface area contributed by atoms with Crippen LogP contribution < -0.4 is 0 Å². The number of allylic oxidation sites excluding steroid dienone is 1. The van der Waals surface area contributed by atoms with E-state index < -0.39 is 11.9 Å². The number of amides is 1. The number of carbonyl (C=O) groups excluding carboxylic acids is 1. The number of piperidine rings is 1. The number of halogens is 1. The predicted octanol–water partition coefficient (Wildman–Crippen LogP) is 2.55. The number of hydrogen-bond acceptors (Lipinski definition) is 2. The highest BCUT2D eigenvalue weighted by molar-refractivity contribution is 5.95. The van der Waals surface area contributed by atoms with Gasteiger partial charge in [-0.05, 0) is 43.0 Å². The number of benzene rings is 1. The van der Waals surface area contributed by atoms with Gasteiger partial charge in [0.25, 0.3) is 0 Å². The standard InChI is InChI=1S/C16H18FNO3/c1-11(12-4-2-6-14(17)9-12)8-15(19)18-7-3-5-13(10-18)16(20)21/h2,4,6,8-9,13H,3,5,7,10H2,1H3,(H,20,21)/b11-8+. The highest BCUT2D eigenvalue weighted by Gasteiger charge is 2.27. The highest BCUT2D eigenvalue weighted by Crippen LogP contribution is 2.19. The molecule has 0 aliphatic carbocycles. The lowest BCUT2D eigenvalue weighted by Crippen LogP contribution is -2.41. The zero-order valence-electron chi connectivity index (χ0n) is 11.9. The van der Waals surface area contributed by atoms with E-state index in [4.69, 9.17) is 5.11 Å². The molecule has 1 saturated heterocycles. The lowest BCUT2D eigenvalue weighted by Gasteiger charge is -2.30. The fourth-order valence-electron chi connectivity index (χ4n) is 2.47. The van der Waals surface area contributed by atoms with E-state index in [0.717, 1.165) is 0 Å². The molecule has 1 aliphatic rings. The van der Waals surface area contributed by atoms with Crippen molar-refractivity contribution in [2.75, 3.05) is 13.1 Å². The molecule has 0 bridgehead atoms. The maximum Gasteiger partial charge on any atom is 0.308 e. The SMILES string of the molecule is C/C(=C\C(=O)N1CCCC(C(=O)O)C1)c1cccc(F)c1. The number of carbonyl (C=O) groups is 2. The molecule has 1 N–H and O–H groups in total. The van der Waals surface area contributed by atoms with Crippen molar-refractivity contribution in [2.45, 2.75) is 19.8 Å². The van der Waals surface area contributed by atoms with E-state index in [1.54, 1.807) is 24.0 Å². The maximum absolute atomic E-state index is 13.2. The smallest absolute Gasteiger partial charge is 0.308 e. The van der Waals surface area contributed by atoms with Crippen LogP contribution in [0, 0.1) is 11.7 Å². The van der Waals surface area contributed by atoms with E-state index in [0.29, 0.717) is 30.5 Å². The molecule has 1 amide bonds. The van der Waals surface area contributed by atoms with Crippen LogP contribution >= 0.6 is 0 Å². The first-order chi connectivity index (χ1) is 9.97. The Kier molecular flexibility index (Phi) is 4.73. The van der Waals surface area contributed by atoms with Crippen LogP contribution in [0.4, 0.5) is 4.39 Å². The van der Waals surface area contributed by atoms with Crippen molar-refractivity contribution < 1.29 is 19.1 Å². The average molecular weight is 291 g/mol. The Hall–Kier alpha value is -2.17. The number of rotatable bonds is 3. The minimum absolute atomic E-state index is 0.220. The first-order valence-corrected chi connectivity index (χ1v) is 6.93. The summed E-state index contributed by atoms with van der Waals surface area (Å²) >= 11 is 0. The molecule has 1 atom stereocenters. The molecule has 1 aromatic rings. The summed E-state index contributed by atoms with van der Waals surface area (Å²) in [5.74, 6) is -1.93. The summed E-state index contributed by atoms with van der Waals surface area (Å²) in [4.78, 5) is 24.8. The first-order valence-electron chi connectivity index (χ1n) is 6.93. The van der Waals surface area contributed by atoms with Crippen molar-refractivity contribution in [2.24, 2.45) is 5.92 Å². The van der Waals surface area contributed by atoms with Crippen molar-refractivity contribution in [3.63, 3.8) is 0 Å². The average Bonchev–Trinajstić information content (AvgIpc) is 2.47. The summed E-state index contributed by atoms with van der Waals surface area (Å²) < 4.78 is 13.2. The summed E-state index contributed by atoms with van der Waals surface area (Å²) in [5, 5.41) is 9.03. The van der Waals surface area contributed by atoms with Crippen LogP contribution in [0.3, 0.4) is 0 Å². The summed E-state index contributed by atoms with van der Waals surface area (Å²) in [6, 6.07) is 6.04. The van der Waals surface area contributed by atoms with E-state index in [1.807, 2.05) is 0 Å². The summed E-state index contributed by atoms with van der Waals surface area (Å²) in [7, 11) is 0. The molecule has 112 valence electrons. The lowest BCUT2D eigenvalue weighted by atomic mass is 9.98. The van der Waals surface area contributed by atoms with Gasteiger partial charge in [-0.3, -0.25) is 9.59 Å². The number of carboxylic acids is 1. The van der Waals surface area contributed by atoms with Crippen LogP contribution in [0.5, 0.6) is 0 Å². The van der Waals surface area contributed by atoms with Gasteiger partial charge in [-0.25, -0.2) is 4.39 Å². The Morgan fingerprint density at radius 1 is 1.43 bits per heavy atom. The molecule has 0 saturated carbocycles. The van der Waals surface area contributed by atoms with Crippen LogP contribution in [0.15, 0.2) is 30.3 Å². The minimum Gasteiger partial charge on any atom is -0.481 e. The van der Waals surface area contributed by atoms with E-state index in [1.165, 1.54) is 18.2 Å². The Morgan fingerprint density at radius 2 is 2.19 bits per heavy atom. The molecule has 1 aromatic carbocycles. The van der Waals surface area contributed by atoms with Crippen molar-refractivity contribution >= 4 is 17.4 Å². The molecule has 21 heavy (non-hydrogen) atoms. The molecule has 1 heterocycles. The van der Waals surface area contributed by atoms with Gasteiger partial charge < -0.3 is 10.0 Å². The second kappa shape index (κ2) is 6.52. The topological polar surface area (TPSA) is 57.6 Å². The molecular weight excluding hydrogens is 273 g/mol. The van der Waals surface area contributed by atoms with E-state index >= 15 is 0 Å². The molecule has 1 unspecified atom stereocenters. The molecule has 1 fully saturated rings. The van der Waals surface area contributed by atoms with Crippen molar-refractivity contribution in [1.29, 1.82) is 0 Å². The van der Waals surface area contributed by atoms with Gasteiger partial charge in [0, 0.05) is 19.2 Å². The molecule has 1 aliphatic heterocycles. The van der Waals surface area contributed by atoms with Gasteiger partial charge in [-0.1, -0.05) is 12.1 Å². The zero-order valence-corrected chi connectivity index (χ0v) is 11.9. The van der Waals surface area contributed by atoms with Crippen LogP contribution in [-0.4, -0.2) is 35.0 Å². The number of carboxylic acid groups (broad SMARTS) is 1. The summed E-state index contributed by atoms with van der Waals surface area (Å²) in [5.41, 5.74) is 1.31. The molecule has 5 heteroatoms. The quantitative estimate of drug-likeness (QED) is 0.871. The van der Waals surface area contributed by atoms with Crippen molar-refractivity contribution in [3.05, 3.63) is 41.7 Å². The Balaban J connectivity index is 2.09. The third-order valence-electron chi connectivity index (χ3n) is 3.70. The Labute approximate surface area is 122 Å². The third-order valence-corrected chi connectivity index (χ3v) is 3.70. The molecule has 0 aromatic heterocycles. The second-order valence-electron chi connectivity index (χ2n) is 5.30. The normalized spacial score (nSPS) is 19.4. The van der Waals surface area contributed by atoms with Crippen LogP contribution in [-0.2, 0) is 9.59 Å². The predicted molar refractivity (Wildman–Crippen MR) is 77.0 cm³/mol. The van der Waals surface area contributed by atoms with E-state index in [-0.39, 0.29) is 18.3 Å². The number of hydrogen-bond donors (Lipinski definition) is 1. The van der Waals surface area contributed by atoms with Gasteiger partial charge in [0.1, 0.15) is 5.82 Å². The first kappa shape index (κ1) is 15.2. The van der Waals surface area contributed by atoms with Gasteiger partial charge >= 0.3 is 5.97 Å². The summed E-state index contributed by atoms with van der Waals surface area (Å²) in [6.45, 7) is 2.54. The Morgan fingerprint density at radius 3 is 2.86 bits per heavy atom. The number of aliphatic carboxylic acids is 1. The van der Waals surface area contributed by atoms with Crippen molar-refractivity contribution in [1.82, 2.24) is 4.90 Å². The molecule has 2 rings (SSSR count). The monoisotopic (exact) mass is 291 g/mol.